The lowest BCUT2D eigenvalue weighted by atomic mass is 10.3. The van der Waals surface area contributed by atoms with Crippen LogP contribution in [0.3, 0.4) is 0 Å². The minimum atomic E-state index is -0.714. The van der Waals surface area contributed by atoms with Crippen molar-refractivity contribution in [2.45, 2.75) is 32.1 Å². The Morgan fingerprint density at radius 2 is 0.838 bits per heavy atom. The van der Waals surface area contributed by atoms with E-state index in [1.165, 1.54) is 21.3 Å². The van der Waals surface area contributed by atoms with E-state index in [-0.39, 0.29) is 43.6 Å². The third-order valence-electron chi connectivity index (χ3n) is 5.99. The van der Waals surface area contributed by atoms with Crippen LogP contribution in [-0.2, 0) is 38.3 Å². The Kier molecular flexibility index (Phi) is 20.4. The molecule has 0 heterocycles. The van der Waals surface area contributed by atoms with Crippen LogP contribution in [0, 0.1) is 0 Å². The van der Waals surface area contributed by atoms with E-state index < -0.39 is 5.97 Å². The summed E-state index contributed by atoms with van der Waals surface area (Å²) in [5, 5.41) is 8.46. The van der Waals surface area contributed by atoms with Crippen molar-refractivity contribution in [3.8, 4) is 0 Å². The first-order valence-corrected chi connectivity index (χ1v) is 12.5. The van der Waals surface area contributed by atoms with Crippen LogP contribution < -0.4 is 0 Å². The predicted molar refractivity (Wildman–Crippen MR) is 136 cm³/mol. The van der Waals surface area contributed by atoms with Crippen LogP contribution in [0.15, 0.2) is 0 Å². The van der Waals surface area contributed by atoms with E-state index in [4.69, 9.17) is 14.7 Å². The molecule has 0 aromatic carbocycles. The zero-order chi connectivity index (χ0) is 28.1. The highest BCUT2D eigenvalue weighted by atomic mass is 17.1. The Hall–Kier alpha value is -2.32. The Bertz CT molecular complexity index is 572. The molecule has 216 valence electrons. The molecule has 0 radical (unpaired) electrons. The molecule has 0 rings (SSSR count). The molecule has 0 saturated carbocycles. The normalized spacial score (nSPS) is 11.3. The van der Waals surface area contributed by atoms with Crippen molar-refractivity contribution in [1.29, 1.82) is 0 Å². The fourth-order valence-corrected chi connectivity index (χ4v) is 3.48. The van der Waals surface area contributed by atoms with Gasteiger partial charge < -0.3 is 38.7 Å². The standard InChI is InChI=1S/C24H46N4O9/c1-25(17-19-27(13-7-21(29)34-3)14-8-22(30)35-4)11-6-12-26(2)18-20-28(15-9-23(31)36-5)16-10-24(32)37-33/h33H,6-20H2,1-5H3. The molecule has 1 N–H and O–H groups in total. The lowest BCUT2D eigenvalue weighted by molar-refractivity contribution is -0.234. The maximum absolute atomic E-state index is 11.5. The van der Waals surface area contributed by atoms with Gasteiger partial charge in [-0.25, -0.2) is 4.79 Å². The second-order valence-electron chi connectivity index (χ2n) is 8.84. The number of nitrogens with zero attached hydrogens (tertiary/aromatic N) is 4. The van der Waals surface area contributed by atoms with Gasteiger partial charge in [0.15, 0.2) is 0 Å². The molecule has 13 nitrogen and oxygen atoms in total. The molecule has 13 heteroatoms. The molecule has 0 aromatic heterocycles. The van der Waals surface area contributed by atoms with Gasteiger partial charge in [-0.15, -0.1) is 0 Å². The summed E-state index contributed by atoms with van der Waals surface area (Å²) in [6.07, 6.45) is 1.72. The number of carbonyl (C=O) groups excluding carboxylic acids is 4. The lowest BCUT2D eigenvalue weighted by Gasteiger charge is -2.26. The van der Waals surface area contributed by atoms with Gasteiger partial charge in [0.25, 0.3) is 0 Å². The number of ether oxygens (including phenoxy) is 3. The highest BCUT2D eigenvalue weighted by Crippen LogP contribution is 2.01. The van der Waals surface area contributed by atoms with E-state index in [9.17, 15) is 19.2 Å². The summed E-state index contributed by atoms with van der Waals surface area (Å²) in [6.45, 7) is 6.49. The Balaban J connectivity index is 4.42. The van der Waals surface area contributed by atoms with E-state index in [0.717, 1.165) is 32.6 Å². The number of carbonyl (C=O) groups is 4. The van der Waals surface area contributed by atoms with Crippen molar-refractivity contribution in [2.24, 2.45) is 0 Å². The third-order valence-corrected chi connectivity index (χ3v) is 5.99. The molecular weight excluding hydrogens is 488 g/mol. The van der Waals surface area contributed by atoms with E-state index in [1.54, 1.807) is 0 Å². The minimum absolute atomic E-state index is 0.0302. The maximum atomic E-state index is 11.5. The molecule has 0 fully saturated rings. The summed E-state index contributed by atoms with van der Waals surface area (Å²) in [5.41, 5.74) is 0. The van der Waals surface area contributed by atoms with Crippen molar-refractivity contribution in [2.75, 3.05) is 101 Å². The fraction of sp³-hybridized carbons (Fsp3) is 0.833. The van der Waals surface area contributed by atoms with E-state index in [1.807, 2.05) is 19.0 Å². The summed E-state index contributed by atoms with van der Waals surface area (Å²) in [7, 11) is 8.11. The summed E-state index contributed by atoms with van der Waals surface area (Å²) >= 11 is 0. The van der Waals surface area contributed by atoms with Crippen LogP contribution in [-0.4, -0.2) is 150 Å². The number of hydrogen-bond acceptors (Lipinski definition) is 13. The molecule has 0 spiro atoms. The van der Waals surface area contributed by atoms with Gasteiger partial charge in [0, 0.05) is 52.4 Å². The lowest BCUT2D eigenvalue weighted by Crippen LogP contribution is -2.38. The van der Waals surface area contributed by atoms with Crippen LogP contribution in [0.25, 0.3) is 0 Å². The Morgan fingerprint density at radius 1 is 0.514 bits per heavy atom. The molecule has 0 saturated heterocycles. The van der Waals surface area contributed by atoms with Gasteiger partial charge in [-0.1, -0.05) is 0 Å². The first kappa shape index (κ1) is 34.7. The molecule has 0 bridgehead atoms. The summed E-state index contributed by atoms with van der Waals surface area (Å²) in [5.74, 6) is -1.60. The molecule has 0 amide bonds. The fourth-order valence-electron chi connectivity index (χ4n) is 3.48. The second kappa shape index (κ2) is 21.7. The van der Waals surface area contributed by atoms with Crippen molar-refractivity contribution >= 4 is 23.9 Å². The maximum Gasteiger partial charge on any atom is 0.343 e. The van der Waals surface area contributed by atoms with Gasteiger partial charge in [0.05, 0.1) is 47.0 Å². The van der Waals surface area contributed by atoms with Crippen LogP contribution in [0.1, 0.15) is 32.1 Å². The largest absolute Gasteiger partial charge is 0.469 e. The van der Waals surface area contributed by atoms with Crippen LogP contribution in [0.5, 0.6) is 0 Å². The third kappa shape index (κ3) is 19.5. The van der Waals surface area contributed by atoms with Crippen molar-refractivity contribution in [3.05, 3.63) is 0 Å². The van der Waals surface area contributed by atoms with Gasteiger partial charge in [-0.3, -0.25) is 14.4 Å². The smallest absolute Gasteiger partial charge is 0.343 e. The number of rotatable bonds is 22. The minimum Gasteiger partial charge on any atom is -0.469 e. The van der Waals surface area contributed by atoms with Crippen LogP contribution in [0.4, 0.5) is 0 Å². The summed E-state index contributed by atoms with van der Waals surface area (Å²) < 4.78 is 14.1. The van der Waals surface area contributed by atoms with E-state index in [0.29, 0.717) is 39.3 Å². The number of methoxy groups -OCH3 is 3. The van der Waals surface area contributed by atoms with Crippen LogP contribution >= 0.6 is 0 Å². The number of hydrogen-bond donors (Lipinski definition) is 1. The van der Waals surface area contributed by atoms with Gasteiger partial charge in [0.1, 0.15) is 0 Å². The molecule has 0 aromatic rings. The molecule has 37 heavy (non-hydrogen) atoms. The summed E-state index contributed by atoms with van der Waals surface area (Å²) in [6, 6.07) is 0. The molecule has 0 unspecified atom stereocenters. The molecule has 0 aliphatic carbocycles. The monoisotopic (exact) mass is 534 g/mol. The average molecular weight is 535 g/mol. The van der Waals surface area contributed by atoms with Gasteiger partial charge in [-0.05, 0) is 33.6 Å². The Morgan fingerprint density at radius 3 is 1.14 bits per heavy atom. The topological polar surface area (TPSA) is 138 Å². The van der Waals surface area contributed by atoms with Gasteiger partial charge >= 0.3 is 23.9 Å². The predicted octanol–water partition coefficient (Wildman–Crippen LogP) is -0.0603. The van der Waals surface area contributed by atoms with Gasteiger partial charge in [0.2, 0.25) is 0 Å². The first-order valence-electron chi connectivity index (χ1n) is 12.5. The zero-order valence-corrected chi connectivity index (χ0v) is 23.1. The highest BCUT2D eigenvalue weighted by molar-refractivity contribution is 5.70. The molecule has 0 aliphatic rings. The first-order chi connectivity index (χ1) is 17.6. The molecule has 0 atom stereocenters. The average Bonchev–Trinajstić information content (AvgIpc) is 2.90. The number of esters is 3. The summed E-state index contributed by atoms with van der Waals surface area (Å²) in [4.78, 5) is 57.9. The second-order valence-corrected chi connectivity index (χ2v) is 8.84. The van der Waals surface area contributed by atoms with E-state index >= 15 is 0 Å². The van der Waals surface area contributed by atoms with Crippen molar-refractivity contribution in [1.82, 2.24) is 19.6 Å². The SMILES string of the molecule is COC(=O)CCN(CCC(=O)OC)CCN(C)CCCN(C)CCN(CCC(=O)OC)CCC(=O)OO. The zero-order valence-electron chi connectivity index (χ0n) is 23.1. The van der Waals surface area contributed by atoms with E-state index in [2.05, 4.69) is 24.3 Å². The number of likely N-dealkylation sites (N-methyl/N-ethyl adjacent to an activating group) is 2. The van der Waals surface area contributed by atoms with Crippen LogP contribution in [0.2, 0.25) is 0 Å². The van der Waals surface area contributed by atoms with Crippen molar-refractivity contribution < 1.29 is 43.5 Å². The molecular formula is C24H46N4O9. The Labute approximate surface area is 220 Å². The highest BCUT2D eigenvalue weighted by Gasteiger charge is 2.14. The molecule has 0 aliphatic heterocycles. The van der Waals surface area contributed by atoms with Gasteiger partial charge in [-0.2, -0.15) is 5.26 Å². The quantitative estimate of drug-likeness (QED) is 0.0859. The van der Waals surface area contributed by atoms with Crippen molar-refractivity contribution in [3.63, 3.8) is 0 Å².